The Kier molecular flexibility index (Phi) is 6.14. The molecule has 1 aliphatic rings. The minimum Gasteiger partial charge on any atom is -0.381 e. The molecule has 1 aromatic rings. The van der Waals surface area contributed by atoms with Gasteiger partial charge in [-0.1, -0.05) is 50.1 Å². The van der Waals surface area contributed by atoms with Gasteiger partial charge in [0.2, 0.25) is 0 Å². The average Bonchev–Trinajstić information content (AvgIpc) is 2.65. The van der Waals surface area contributed by atoms with Crippen molar-refractivity contribution in [3.8, 4) is 0 Å². The Labute approximate surface area is 124 Å². The second-order valence-electron chi connectivity index (χ2n) is 5.50. The Hall–Kier alpha value is -0.770. The molecule has 20 heavy (non-hydrogen) atoms. The average molecular weight is 299 g/mol. The SMILES string of the molecule is CCC1CCCC(Nc2ccccc2SC(F)F)CC1. The summed E-state index contributed by atoms with van der Waals surface area (Å²) in [6.07, 6.45) is 7.33. The van der Waals surface area contributed by atoms with Gasteiger partial charge >= 0.3 is 0 Å². The van der Waals surface area contributed by atoms with Crippen LogP contribution >= 0.6 is 11.8 Å². The van der Waals surface area contributed by atoms with Crippen molar-refractivity contribution in [3.63, 3.8) is 0 Å². The van der Waals surface area contributed by atoms with Crippen LogP contribution in [0.15, 0.2) is 29.2 Å². The number of nitrogens with one attached hydrogen (secondary N) is 1. The monoisotopic (exact) mass is 299 g/mol. The number of alkyl halides is 2. The fourth-order valence-corrected chi connectivity index (χ4v) is 3.54. The summed E-state index contributed by atoms with van der Waals surface area (Å²) in [7, 11) is 0. The van der Waals surface area contributed by atoms with Crippen LogP contribution in [0.2, 0.25) is 0 Å². The first-order valence-electron chi connectivity index (χ1n) is 7.49. The highest BCUT2D eigenvalue weighted by Crippen LogP contribution is 2.34. The van der Waals surface area contributed by atoms with E-state index in [0.29, 0.717) is 22.7 Å². The number of hydrogen-bond donors (Lipinski definition) is 1. The second kappa shape index (κ2) is 7.87. The summed E-state index contributed by atoms with van der Waals surface area (Å²) in [6, 6.07) is 7.82. The maximum atomic E-state index is 12.6. The van der Waals surface area contributed by atoms with E-state index < -0.39 is 5.76 Å². The van der Waals surface area contributed by atoms with E-state index in [4.69, 9.17) is 0 Å². The summed E-state index contributed by atoms with van der Waals surface area (Å²) >= 11 is 0.628. The number of para-hydroxylation sites is 1. The standard InChI is InChI=1S/C16H23F2NS/c1-2-12-6-5-7-13(11-10-12)19-14-8-3-4-9-15(14)20-16(17)18/h3-4,8-9,12-13,16,19H,2,5-7,10-11H2,1H3. The van der Waals surface area contributed by atoms with Gasteiger partial charge in [0.15, 0.2) is 0 Å². The Morgan fingerprint density at radius 1 is 1.20 bits per heavy atom. The van der Waals surface area contributed by atoms with E-state index >= 15 is 0 Å². The lowest BCUT2D eigenvalue weighted by Crippen LogP contribution is -2.19. The van der Waals surface area contributed by atoms with Crippen molar-refractivity contribution in [1.29, 1.82) is 0 Å². The van der Waals surface area contributed by atoms with E-state index in [2.05, 4.69) is 12.2 Å². The molecule has 1 nitrogen and oxygen atoms in total. The zero-order chi connectivity index (χ0) is 14.4. The van der Waals surface area contributed by atoms with Crippen LogP contribution < -0.4 is 5.32 Å². The summed E-state index contributed by atoms with van der Waals surface area (Å²) in [4.78, 5) is 0.652. The van der Waals surface area contributed by atoms with E-state index in [1.165, 1.54) is 25.7 Å². The molecule has 112 valence electrons. The van der Waals surface area contributed by atoms with Crippen molar-refractivity contribution in [1.82, 2.24) is 0 Å². The minimum atomic E-state index is -2.36. The van der Waals surface area contributed by atoms with Crippen molar-refractivity contribution in [2.75, 3.05) is 5.32 Å². The molecule has 2 rings (SSSR count). The van der Waals surface area contributed by atoms with Crippen LogP contribution in [0.25, 0.3) is 0 Å². The molecule has 1 saturated carbocycles. The van der Waals surface area contributed by atoms with Crippen LogP contribution in [0.1, 0.15) is 45.4 Å². The van der Waals surface area contributed by atoms with Gasteiger partial charge < -0.3 is 5.32 Å². The largest absolute Gasteiger partial charge is 0.381 e. The molecule has 0 saturated heterocycles. The minimum absolute atomic E-state index is 0.422. The lowest BCUT2D eigenvalue weighted by atomic mass is 9.98. The molecular weight excluding hydrogens is 276 g/mol. The first-order valence-corrected chi connectivity index (χ1v) is 8.37. The summed E-state index contributed by atoms with van der Waals surface area (Å²) < 4.78 is 25.2. The highest BCUT2D eigenvalue weighted by Gasteiger charge is 2.19. The number of halogens is 2. The molecule has 0 spiro atoms. The van der Waals surface area contributed by atoms with Crippen molar-refractivity contribution in [3.05, 3.63) is 24.3 Å². The quantitative estimate of drug-likeness (QED) is 0.547. The summed E-state index contributed by atoms with van der Waals surface area (Å²) in [6.45, 7) is 2.26. The van der Waals surface area contributed by atoms with Crippen molar-refractivity contribution >= 4 is 17.4 Å². The van der Waals surface area contributed by atoms with E-state index in [0.717, 1.165) is 24.4 Å². The molecule has 0 bridgehead atoms. The molecule has 2 atom stereocenters. The van der Waals surface area contributed by atoms with Crippen molar-refractivity contribution in [2.45, 2.75) is 62.1 Å². The third-order valence-electron chi connectivity index (χ3n) is 4.13. The number of benzene rings is 1. The molecule has 2 unspecified atom stereocenters. The van der Waals surface area contributed by atoms with Crippen molar-refractivity contribution in [2.24, 2.45) is 5.92 Å². The normalized spacial score (nSPS) is 23.6. The number of hydrogen-bond acceptors (Lipinski definition) is 2. The Bertz CT molecular complexity index is 411. The highest BCUT2D eigenvalue weighted by atomic mass is 32.2. The second-order valence-corrected chi connectivity index (χ2v) is 6.53. The predicted octanol–water partition coefficient (Wildman–Crippen LogP) is 5.77. The third-order valence-corrected chi connectivity index (χ3v) is 4.92. The van der Waals surface area contributed by atoms with Crippen LogP contribution in [0.5, 0.6) is 0 Å². The van der Waals surface area contributed by atoms with Gasteiger partial charge in [-0.2, -0.15) is 8.78 Å². The summed E-state index contributed by atoms with van der Waals surface area (Å²) in [5, 5.41) is 3.49. The zero-order valence-electron chi connectivity index (χ0n) is 11.9. The molecule has 1 N–H and O–H groups in total. The molecule has 1 aromatic carbocycles. The molecule has 1 fully saturated rings. The predicted molar refractivity (Wildman–Crippen MR) is 82.6 cm³/mol. The molecular formula is C16H23F2NS. The number of thioether (sulfide) groups is 1. The van der Waals surface area contributed by atoms with E-state index in [1.54, 1.807) is 6.07 Å². The van der Waals surface area contributed by atoms with Crippen molar-refractivity contribution < 1.29 is 8.78 Å². The van der Waals surface area contributed by atoms with Gasteiger partial charge in [-0.05, 0) is 37.3 Å². The maximum absolute atomic E-state index is 12.6. The molecule has 0 aliphatic heterocycles. The van der Waals surface area contributed by atoms with Crippen LogP contribution in [-0.2, 0) is 0 Å². The van der Waals surface area contributed by atoms with E-state index in [-0.39, 0.29) is 0 Å². The topological polar surface area (TPSA) is 12.0 Å². The van der Waals surface area contributed by atoms with Crippen LogP contribution in [0.4, 0.5) is 14.5 Å². The molecule has 0 amide bonds. The van der Waals surface area contributed by atoms with Gasteiger partial charge in [0.05, 0.1) is 0 Å². The lowest BCUT2D eigenvalue weighted by molar-refractivity contribution is 0.252. The van der Waals surface area contributed by atoms with Gasteiger partial charge in [0, 0.05) is 16.6 Å². The molecule has 0 heterocycles. The van der Waals surface area contributed by atoms with Gasteiger partial charge in [0.1, 0.15) is 0 Å². The molecule has 4 heteroatoms. The van der Waals surface area contributed by atoms with Gasteiger partial charge in [-0.25, -0.2) is 0 Å². The lowest BCUT2D eigenvalue weighted by Gasteiger charge is -2.20. The van der Waals surface area contributed by atoms with Crippen LogP contribution in [-0.4, -0.2) is 11.8 Å². The third kappa shape index (κ3) is 4.65. The molecule has 0 aromatic heterocycles. The molecule has 0 radical (unpaired) electrons. The van der Waals surface area contributed by atoms with E-state index in [1.807, 2.05) is 18.2 Å². The number of anilines is 1. The fourth-order valence-electron chi connectivity index (χ4n) is 2.94. The Balaban J connectivity index is 1.98. The van der Waals surface area contributed by atoms with Gasteiger partial charge in [0.25, 0.3) is 5.76 Å². The fraction of sp³-hybridized carbons (Fsp3) is 0.625. The van der Waals surface area contributed by atoms with Gasteiger partial charge in [-0.3, -0.25) is 0 Å². The zero-order valence-corrected chi connectivity index (χ0v) is 12.8. The van der Waals surface area contributed by atoms with Gasteiger partial charge in [-0.15, -0.1) is 0 Å². The Morgan fingerprint density at radius 3 is 2.75 bits per heavy atom. The summed E-state index contributed by atoms with van der Waals surface area (Å²) in [5.41, 5.74) is 0.859. The Morgan fingerprint density at radius 2 is 2.00 bits per heavy atom. The summed E-state index contributed by atoms with van der Waals surface area (Å²) in [5.74, 6) is -1.52. The molecule has 1 aliphatic carbocycles. The van der Waals surface area contributed by atoms with E-state index in [9.17, 15) is 8.78 Å². The first kappa shape index (κ1) is 15.6. The maximum Gasteiger partial charge on any atom is 0.288 e. The first-order chi connectivity index (χ1) is 9.69. The van der Waals surface area contributed by atoms with Crippen LogP contribution in [0, 0.1) is 5.92 Å². The number of rotatable bonds is 5. The smallest absolute Gasteiger partial charge is 0.288 e. The van der Waals surface area contributed by atoms with Crippen LogP contribution in [0.3, 0.4) is 0 Å². The highest BCUT2D eigenvalue weighted by molar-refractivity contribution is 7.99.